The molecule has 2 amide bonds. The van der Waals surface area contributed by atoms with E-state index in [0.717, 1.165) is 5.56 Å². The molecule has 2 aromatic carbocycles. The van der Waals surface area contributed by atoms with Gasteiger partial charge >= 0.3 is 0 Å². The number of aryl methyl sites for hydroxylation is 1. The first kappa shape index (κ1) is 25.1. The number of halogens is 1. The van der Waals surface area contributed by atoms with Gasteiger partial charge in [-0.1, -0.05) is 57.5 Å². The molecule has 2 atom stereocenters. The average Bonchev–Trinajstić information content (AvgIpc) is 2.75. The van der Waals surface area contributed by atoms with Crippen molar-refractivity contribution in [1.29, 1.82) is 0 Å². The monoisotopic (exact) mass is 472 g/mol. The Morgan fingerprint density at radius 2 is 1.76 bits per heavy atom. The fraction of sp³-hybridized carbons (Fsp3) is 0.462. The first-order chi connectivity index (χ1) is 15.4. The van der Waals surface area contributed by atoms with E-state index in [1.807, 2.05) is 39.8 Å². The van der Waals surface area contributed by atoms with Crippen molar-refractivity contribution in [2.75, 3.05) is 13.1 Å². The van der Waals surface area contributed by atoms with Crippen LogP contribution in [-0.4, -0.2) is 46.1 Å². The molecule has 1 heterocycles. The Bertz CT molecular complexity index is 1040. The number of phenolic OH excluding ortho intramolecular Hbond substituents is 1. The van der Waals surface area contributed by atoms with E-state index < -0.39 is 23.0 Å². The van der Waals surface area contributed by atoms with Gasteiger partial charge in [-0.2, -0.15) is 0 Å². The molecule has 0 bridgehead atoms. The van der Waals surface area contributed by atoms with E-state index in [9.17, 15) is 19.8 Å². The Labute approximate surface area is 200 Å². The number of hydrogen-bond donors (Lipinski definition) is 3. The number of aliphatic hydroxyl groups is 1. The predicted octanol–water partition coefficient (Wildman–Crippen LogP) is 4.25. The van der Waals surface area contributed by atoms with Gasteiger partial charge in [0.15, 0.2) is 0 Å². The highest BCUT2D eigenvalue weighted by Crippen LogP contribution is 2.46. The van der Waals surface area contributed by atoms with Gasteiger partial charge in [0.1, 0.15) is 11.8 Å². The minimum atomic E-state index is -1.11. The number of piperidine rings is 1. The lowest BCUT2D eigenvalue weighted by atomic mass is 9.66. The summed E-state index contributed by atoms with van der Waals surface area (Å²) in [5, 5.41) is 25.0. The SMILES string of the molecule is Cc1ccc(C(=O)N[C@@H](C(=O)N2CC[C@](O)(c3ccc(Cl)cc3)C(C)(C)C2)C(C)C)cc1O. The van der Waals surface area contributed by atoms with E-state index in [1.165, 1.54) is 6.07 Å². The van der Waals surface area contributed by atoms with Crippen molar-refractivity contribution in [3.8, 4) is 5.75 Å². The van der Waals surface area contributed by atoms with Gasteiger partial charge in [0, 0.05) is 29.1 Å². The van der Waals surface area contributed by atoms with E-state index in [4.69, 9.17) is 11.6 Å². The Kier molecular flexibility index (Phi) is 7.10. The lowest BCUT2D eigenvalue weighted by Crippen LogP contribution is -2.60. The summed E-state index contributed by atoms with van der Waals surface area (Å²) in [6.07, 6.45) is 0.373. The summed E-state index contributed by atoms with van der Waals surface area (Å²) in [4.78, 5) is 28.0. The molecule has 2 aromatic rings. The minimum absolute atomic E-state index is 0.0364. The minimum Gasteiger partial charge on any atom is -0.508 e. The molecule has 7 heteroatoms. The molecule has 0 unspecified atom stereocenters. The molecule has 1 aliphatic rings. The van der Waals surface area contributed by atoms with Crippen LogP contribution in [0.4, 0.5) is 0 Å². The Balaban J connectivity index is 1.77. The van der Waals surface area contributed by atoms with Gasteiger partial charge in [-0.3, -0.25) is 9.59 Å². The molecule has 0 aromatic heterocycles. The third kappa shape index (κ3) is 5.02. The molecule has 3 rings (SSSR count). The number of likely N-dealkylation sites (tertiary alicyclic amines) is 1. The zero-order valence-corrected chi connectivity index (χ0v) is 20.6. The van der Waals surface area contributed by atoms with E-state index in [1.54, 1.807) is 36.1 Å². The largest absolute Gasteiger partial charge is 0.508 e. The smallest absolute Gasteiger partial charge is 0.252 e. The van der Waals surface area contributed by atoms with E-state index in [2.05, 4.69) is 5.32 Å². The predicted molar refractivity (Wildman–Crippen MR) is 129 cm³/mol. The van der Waals surface area contributed by atoms with Gasteiger partial charge < -0.3 is 20.4 Å². The first-order valence-electron chi connectivity index (χ1n) is 11.2. The van der Waals surface area contributed by atoms with Crippen LogP contribution in [0.5, 0.6) is 5.75 Å². The number of phenols is 1. The molecule has 1 aliphatic heterocycles. The van der Waals surface area contributed by atoms with Crippen LogP contribution in [0.25, 0.3) is 0 Å². The van der Waals surface area contributed by atoms with Gasteiger partial charge in [-0.15, -0.1) is 0 Å². The number of hydrogen-bond acceptors (Lipinski definition) is 4. The molecule has 0 radical (unpaired) electrons. The van der Waals surface area contributed by atoms with Crippen molar-refractivity contribution in [2.45, 2.75) is 52.7 Å². The number of carbonyl (C=O) groups excluding carboxylic acids is 2. The highest BCUT2D eigenvalue weighted by molar-refractivity contribution is 6.30. The number of nitrogens with one attached hydrogen (secondary N) is 1. The van der Waals surface area contributed by atoms with Crippen LogP contribution >= 0.6 is 11.6 Å². The zero-order valence-electron chi connectivity index (χ0n) is 19.9. The first-order valence-corrected chi connectivity index (χ1v) is 11.6. The average molecular weight is 473 g/mol. The van der Waals surface area contributed by atoms with E-state index >= 15 is 0 Å². The summed E-state index contributed by atoms with van der Waals surface area (Å²) in [6.45, 7) is 10.1. The van der Waals surface area contributed by atoms with Crippen LogP contribution in [0, 0.1) is 18.3 Å². The number of rotatable bonds is 5. The second-order valence-electron chi connectivity index (χ2n) is 9.96. The Hall–Kier alpha value is -2.57. The van der Waals surface area contributed by atoms with Crippen molar-refractivity contribution in [2.24, 2.45) is 11.3 Å². The standard InChI is InChI=1S/C26H33ClN2O4/c1-16(2)22(28-23(31)18-7-6-17(3)21(30)14-18)24(32)29-13-12-26(33,25(4,5)15-29)19-8-10-20(27)11-9-19/h6-11,14,16,22,30,33H,12-13,15H2,1-5H3,(H,28,31)/t22-,26+/m1/s1. The summed E-state index contributed by atoms with van der Waals surface area (Å²) in [6, 6.07) is 11.2. The second-order valence-corrected chi connectivity index (χ2v) is 10.4. The Morgan fingerprint density at radius 3 is 2.30 bits per heavy atom. The van der Waals surface area contributed by atoms with Crippen LogP contribution in [-0.2, 0) is 10.4 Å². The maximum atomic E-state index is 13.5. The van der Waals surface area contributed by atoms with Gasteiger partial charge in [-0.05, 0) is 54.7 Å². The van der Waals surface area contributed by atoms with Gasteiger partial charge in [0.2, 0.25) is 5.91 Å². The van der Waals surface area contributed by atoms with Crippen molar-refractivity contribution in [3.63, 3.8) is 0 Å². The van der Waals surface area contributed by atoms with Gasteiger partial charge in [0.05, 0.1) is 5.60 Å². The Morgan fingerprint density at radius 1 is 1.12 bits per heavy atom. The molecule has 6 nitrogen and oxygen atoms in total. The molecule has 3 N–H and O–H groups in total. The van der Waals surface area contributed by atoms with Crippen LogP contribution in [0.1, 0.15) is 55.6 Å². The number of benzene rings is 2. The molecule has 33 heavy (non-hydrogen) atoms. The number of carbonyl (C=O) groups is 2. The lowest BCUT2D eigenvalue weighted by Gasteiger charge is -2.51. The van der Waals surface area contributed by atoms with E-state index in [0.29, 0.717) is 35.7 Å². The molecule has 0 saturated carbocycles. The number of nitrogens with zero attached hydrogens (tertiary/aromatic N) is 1. The molecule has 1 saturated heterocycles. The summed E-state index contributed by atoms with van der Waals surface area (Å²) >= 11 is 6.02. The molecule has 1 fully saturated rings. The van der Waals surface area contributed by atoms with Crippen molar-refractivity contribution < 1.29 is 19.8 Å². The topological polar surface area (TPSA) is 89.9 Å². The van der Waals surface area contributed by atoms with Crippen LogP contribution in [0.15, 0.2) is 42.5 Å². The zero-order chi connectivity index (χ0) is 24.6. The van der Waals surface area contributed by atoms with Crippen molar-refractivity contribution in [1.82, 2.24) is 10.2 Å². The molecule has 0 aliphatic carbocycles. The molecular formula is C26H33ClN2O4. The molecular weight excluding hydrogens is 440 g/mol. The fourth-order valence-corrected chi connectivity index (χ4v) is 4.58. The van der Waals surface area contributed by atoms with E-state index in [-0.39, 0.29) is 17.6 Å². The summed E-state index contributed by atoms with van der Waals surface area (Å²) < 4.78 is 0. The van der Waals surface area contributed by atoms with Crippen molar-refractivity contribution >= 4 is 23.4 Å². The third-order valence-electron chi connectivity index (χ3n) is 6.77. The summed E-state index contributed by atoms with van der Waals surface area (Å²) in [5.74, 6) is -0.692. The summed E-state index contributed by atoms with van der Waals surface area (Å²) in [7, 11) is 0. The number of amides is 2. The normalized spacial score (nSPS) is 21.0. The van der Waals surface area contributed by atoms with Gasteiger partial charge in [-0.25, -0.2) is 0 Å². The molecule has 178 valence electrons. The quantitative estimate of drug-likeness (QED) is 0.606. The maximum absolute atomic E-state index is 13.5. The summed E-state index contributed by atoms with van der Waals surface area (Å²) in [5.41, 5.74) is 0.0178. The van der Waals surface area contributed by atoms with Crippen LogP contribution < -0.4 is 5.32 Å². The van der Waals surface area contributed by atoms with Crippen LogP contribution in [0.2, 0.25) is 5.02 Å². The van der Waals surface area contributed by atoms with Crippen LogP contribution in [0.3, 0.4) is 0 Å². The van der Waals surface area contributed by atoms with Gasteiger partial charge in [0.25, 0.3) is 5.91 Å². The van der Waals surface area contributed by atoms with Crippen molar-refractivity contribution in [3.05, 3.63) is 64.2 Å². The highest BCUT2D eigenvalue weighted by Gasteiger charge is 2.50. The fourth-order valence-electron chi connectivity index (χ4n) is 4.46. The highest BCUT2D eigenvalue weighted by atomic mass is 35.5. The lowest BCUT2D eigenvalue weighted by molar-refractivity contribution is -0.155. The third-order valence-corrected chi connectivity index (χ3v) is 7.03. The molecule has 0 spiro atoms. The number of aromatic hydroxyl groups is 1. The second kappa shape index (κ2) is 9.35. The maximum Gasteiger partial charge on any atom is 0.252 e.